The van der Waals surface area contributed by atoms with Gasteiger partial charge in [-0.3, -0.25) is 0 Å². The Morgan fingerprint density at radius 1 is 1.09 bits per heavy atom. The molecule has 1 aromatic rings. The van der Waals surface area contributed by atoms with Crippen molar-refractivity contribution in [2.75, 3.05) is 13.2 Å². The summed E-state index contributed by atoms with van der Waals surface area (Å²) in [5.74, 6) is 0. The first-order valence-corrected chi connectivity index (χ1v) is 8.05. The van der Waals surface area contributed by atoms with Crippen LogP contribution in [0.2, 0.25) is 0 Å². The van der Waals surface area contributed by atoms with Gasteiger partial charge in [-0.15, -0.1) is 0 Å². The molecule has 22 heavy (non-hydrogen) atoms. The average molecular weight is 307 g/mol. The molecule has 1 amide bonds. The van der Waals surface area contributed by atoms with Gasteiger partial charge in [-0.25, -0.2) is 4.79 Å². The number of nitrogens with zero attached hydrogens (tertiary/aromatic N) is 1. The quantitative estimate of drug-likeness (QED) is 0.739. The number of amides is 1. The van der Waals surface area contributed by atoms with Crippen molar-refractivity contribution in [3.8, 4) is 0 Å². The van der Waals surface area contributed by atoms with E-state index in [4.69, 9.17) is 9.84 Å². The van der Waals surface area contributed by atoms with E-state index < -0.39 is 5.60 Å². The van der Waals surface area contributed by atoms with Crippen molar-refractivity contribution in [1.29, 1.82) is 0 Å². The fraction of sp³-hybridized carbons (Fsp3) is 0.611. The van der Waals surface area contributed by atoms with Gasteiger partial charge < -0.3 is 14.7 Å². The maximum absolute atomic E-state index is 12.3. The van der Waals surface area contributed by atoms with Gasteiger partial charge in [0.1, 0.15) is 5.60 Å². The van der Waals surface area contributed by atoms with E-state index in [-0.39, 0.29) is 12.7 Å². The van der Waals surface area contributed by atoms with Gasteiger partial charge in [-0.1, -0.05) is 43.2 Å². The van der Waals surface area contributed by atoms with E-state index in [1.807, 2.05) is 51.1 Å². The van der Waals surface area contributed by atoms with Crippen LogP contribution in [-0.2, 0) is 11.3 Å². The summed E-state index contributed by atoms with van der Waals surface area (Å²) in [6.45, 7) is 7.12. The lowest BCUT2D eigenvalue weighted by Crippen LogP contribution is -2.37. The third kappa shape index (κ3) is 8.03. The van der Waals surface area contributed by atoms with Crippen LogP contribution in [0.1, 0.15) is 52.0 Å². The van der Waals surface area contributed by atoms with Crippen molar-refractivity contribution in [2.24, 2.45) is 0 Å². The van der Waals surface area contributed by atoms with E-state index in [1.165, 1.54) is 0 Å². The van der Waals surface area contributed by atoms with Crippen LogP contribution in [0.15, 0.2) is 30.3 Å². The SMILES string of the molecule is CC(C)(C)OC(=O)N(CCCCCCO)Cc1ccccc1. The van der Waals surface area contributed by atoms with E-state index in [9.17, 15) is 4.79 Å². The normalized spacial score (nSPS) is 11.3. The molecule has 0 aliphatic rings. The summed E-state index contributed by atoms with van der Waals surface area (Å²) in [5, 5.41) is 8.80. The molecular formula is C18H29NO3. The molecule has 1 N–H and O–H groups in total. The molecule has 0 unspecified atom stereocenters. The molecule has 0 aliphatic carbocycles. The summed E-state index contributed by atoms with van der Waals surface area (Å²) < 4.78 is 5.50. The molecule has 4 heteroatoms. The van der Waals surface area contributed by atoms with Gasteiger partial charge >= 0.3 is 6.09 Å². The van der Waals surface area contributed by atoms with Gasteiger partial charge in [-0.2, -0.15) is 0 Å². The Morgan fingerprint density at radius 2 is 1.73 bits per heavy atom. The second-order valence-corrected chi connectivity index (χ2v) is 6.53. The molecule has 0 spiro atoms. The largest absolute Gasteiger partial charge is 0.444 e. The molecule has 1 rings (SSSR count). The number of aliphatic hydroxyl groups is 1. The monoisotopic (exact) mass is 307 g/mol. The lowest BCUT2D eigenvalue weighted by atomic mass is 10.1. The van der Waals surface area contributed by atoms with Gasteiger partial charge in [0.15, 0.2) is 0 Å². The van der Waals surface area contributed by atoms with E-state index in [2.05, 4.69) is 0 Å². The van der Waals surface area contributed by atoms with Crippen LogP contribution in [-0.4, -0.2) is 34.9 Å². The van der Waals surface area contributed by atoms with E-state index in [1.54, 1.807) is 4.90 Å². The van der Waals surface area contributed by atoms with Gasteiger partial charge in [0.05, 0.1) is 0 Å². The van der Waals surface area contributed by atoms with Gasteiger partial charge in [-0.05, 0) is 39.2 Å². The first-order chi connectivity index (χ1) is 10.4. The Balaban J connectivity index is 2.58. The lowest BCUT2D eigenvalue weighted by molar-refractivity contribution is 0.0230. The van der Waals surface area contributed by atoms with Crippen LogP contribution in [0.5, 0.6) is 0 Å². The van der Waals surface area contributed by atoms with Crippen LogP contribution in [0, 0.1) is 0 Å². The summed E-state index contributed by atoms with van der Waals surface area (Å²) in [7, 11) is 0. The molecule has 0 saturated heterocycles. The predicted octanol–water partition coefficient (Wildman–Crippen LogP) is 3.98. The summed E-state index contributed by atoms with van der Waals surface area (Å²) in [6, 6.07) is 9.95. The van der Waals surface area contributed by atoms with Crippen molar-refractivity contribution in [1.82, 2.24) is 4.90 Å². The number of rotatable bonds is 8. The van der Waals surface area contributed by atoms with Crippen LogP contribution >= 0.6 is 0 Å². The second kappa shape index (κ2) is 9.46. The number of ether oxygens (including phenoxy) is 1. The molecule has 0 heterocycles. The Hall–Kier alpha value is -1.55. The minimum absolute atomic E-state index is 0.236. The third-order valence-corrected chi connectivity index (χ3v) is 3.20. The Kier molecular flexibility index (Phi) is 7.96. The highest BCUT2D eigenvalue weighted by Gasteiger charge is 2.21. The van der Waals surface area contributed by atoms with Crippen LogP contribution < -0.4 is 0 Å². The van der Waals surface area contributed by atoms with E-state index >= 15 is 0 Å². The van der Waals surface area contributed by atoms with Crippen molar-refractivity contribution in [2.45, 2.75) is 58.6 Å². The fourth-order valence-electron chi connectivity index (χ4n) is 2.13. The van der Waals surface area contributed by atoms with Crippen molar-refractivity contribution in [3.63, 3.8) is 0 Å². The number of aliphatic hydroxyl groups excluding tert-OH is 1. The highest BCUT2D eigenvalue weighted by molar-refractivity contribution is 5.68. The Labute approximate surface area is 134 Å². The van der Waals surface area contributed by atoms with Gasteiger partial charge in [0.2, 0.25) is 0 Å². The zero-order valence-electron chi connectivity index (χ0n) is 14.0. The van der Waals surface area contributed by atoms with Crippen molar-refractivity contribution < 1.29 is 14.6 Å². The van der Waals surface area contributed by atoms with Crippen molar-refractivity contribution >= 4 is 6.09 Å². The zero-order valence-corrected chi connectivity index (χ0v) is 14.0. The molecule has 0 aromatic heterocycles. The number of unbranched alkanes of at least 4 members (excludes halogenated alkanes) is 3. The molecule has 4 nitrogen and oxygen atoms in total. The fourth-order valence-corrected chi connectivity index (χ4v) is 2.13. The molecule has 0 saturated carbocycles. The summed E-state index contributed by atoms with van der Waals surface area (Å²) in [4.78, 5) is 14.1. The summed E-state index contributed by atoms with van der Waals surface area (Å²) in [6.07, 6.45) is 3.48. The lowest BCUT2D eigenvalue weighted by Gasteiger charge is -2.27. The molecule has 1 aromatic carbocycles. The number of carbonyl (C=O) groups excluding carboxylic acids is 1. The summed E-state index contributed by atoms with van der Waals surface area (Å²) >= 11 is 0. The minimum Gasteiger partial charge on any atom is -0.444 e. The van der Waals surface area contributed by atoms with Crippen LogP contribution in [0.3, 0.4) is 0 Å². The first kappa shape index (κ1) is 18.5. The number of benzene rings is 1. The van der Waals surface area contributed by atoms with Crippen molar-refractivity contribution in [3.05, 3.63) is 35.9 Å². The molecule has 0 atom stereocenters. The van der Waals surface area contributed by atoms with Gasteiger partial charge in [0, 0.05) is 19.7 Å². The zero-order chi connectivity index (χ0) is 16.4. The number of hydrogen-bond acceptors (Lipinski definition) is 3. The predicted molar refractivity (Wildman–Crippen MR) is 88.6 cm³/mol. The average Bonchev–Trinajstić information content (AvgIpc) is 2.45. The maximum Gasteiger partial charge on any atom is 0.410 e. The van der Waals surface area contributed by atoms with Gasteiger partial charge in [0.25, 0.3) is 0 Å². The molecule has 124 valence electrons. The smallest absolute Gasteiger partial charge is 0.410 e. The molecule has 0 fully saturated rings. The summed E-state index contributed by atoms with van der Waals surface area (Å²) in [5.41, 5.74) is 0.617. The van der Waals surface area contributed by atoms with Crippen LogP contribution in [0.4, 0.5) is 4.79 Å². The standard InChI is InChI=1S/C18H29NO3/c1-18(2,3)22-17(21)19(13-9-4-5-10-14-20)15-16-11-7-6-8-12-16/h6-8,11-12,20H,4-5,9-10,13-15H2,1-3H3. The highest BCUT2D eigenvalue weighted by atomic mass is 16.6. The van der Waals surface area contributed by atoms with E-state index in [0.717, 1.165) is 31.2 Å². The number of hydrogen-bond donors (Lipinski definition) is 1. The molecule has 0 bridgehead atoms. The Bertz CT molecular complexity index is 426. The third-order valence-electron chi connectivity index (χ3n) is 3.20. The molecule has 0 aliphatic heterocycles. The topological polar surface area (TPSA) is 49.8 Å². The molecule has 0 radical (unpaired) electrons. The minimum atomic E-state index is -0.483. The van der Waals surface area contributed by atoms with Crippen LogP contribution in [0.25, 0.3) is 0 Å². The highest BCUT2D eigenvalue weighted by Crippen LogP contribution is 2.14. The molecular weight excluding hydrogens is 278 g/mol. The Morgan fingerprint density at radius 3 is 2.32 bits per heavy atom. The maximum atomic E-state index is 12.3. The second-order valence-electron chi connectivity index (χ2n) is 6.53. The first-order valence-electron chi connectivity index (χ1n) is 8.05. The van der Waals surface area contributed by atoms with E-state index in [0.29, 0.717) is 13.1 Å². The number of carbonyl (C=O) groups is 1.